The molecule has 3 nitrogen and oxygen atoms in total. The van der Waals surface area contributed by atoms with Crippen LogP contribution >= 0.6 is 11.3 Å². The van der Waals surface area contributed by atoms with E-state index in [0.717, 1.165) is 21.7 Å². The number of hydrogen-bond donors (Lipinski definition) is 1. The van der Waals surface area contributed by atoms with Crippen molar-refractivity contribution in [3.8, 4) is 11.1 Å². The van der Waals surface area contributed by atoms with Crippen LogP contribution in [0.1, 0.15) is 37.5 Å². The Labute approximate surface area is 170 Å². The number of nitrogens with one attached hydrogen (secondary N) is 1. The van der Waals surface area contributed by atoms with Crippen LogP contribution in [-0.4, -0.2) is 9.97 Å². The van der Waals surface area contributed by atoms with E-state index in [9.17, 15) is 0 Å². The van der Waals surface area contributed by atoms with E-state index in [-0.39, 0.29) is 5.41 Å². The maximum absolute atomic E-state index is 4.56. The van der Waals surface area contributed by atoms with E-state index in [1.54, 1.807) is 17.7 Å². The van der Waals surface area contributed by atoms with Gasteiger partial charge in [0.1, 0.15) is 17.0 Å². The van der Waals surface area contributed by atoms with Crippen LogP contribution in [0.3, 0.4) is 0 Å². The molecule has 4 heteroatoms. The Kier molecular flexibility index (Phi) is 4.68. The molecular formula is C24H25N3S. The average molecular weight is 388 g/mol. The molecule has 0 amide bonds. The lowest BCUT2D eigenvalue weighted by Crippen LogP contribution is -2.10. The number of rotatable bonds is 3. The van der Waals surface area contributed by atoms with Crippen molar-refractivity contribution >= 4 is 33.1 Å². The summed E-state index contributed by atoms with van der Waals surface area (Å²) in [6.45, 7) is 11.0. The summed E-state index contributed by atoms with van der Waals surface area (Å²) < 4.78 is 0. The second-order valence-corrected chi connectivity index (χ2v) is 9.16. The normalized spacial score (nSPS) is 11.8. The molecule has 0 radical (unpaired) electrons. The summed E-state index contributed by atoms with van der Waals surface area (Å²) in [5, 5.41) is 6.76. The minimum absolute atomic E-state index is 0.143. The third-order valence-corrected chi connectivity index (χ3v) is 6.09. The zero-order valence-corrected chi connectivity index (χ0v) is 17.8. The zero-order chi connectivity index (χ0) is 19.9. The van der Waals surface area contributed by atoms with Gasteiger partial charge in [-0.05, 0) is 53.6 Å². The summed E-state index contributed by atoms with van der Waals surface area (Å²) >= 11 is 1.66. The van der Waals surface area contributed by atoms with Crippen molar-refractivity contribution in [1.29, 1.82) is 0 Å². The fourth-order valence-corrected chi connectivity index (χ4v) is 4.20. The SMILES string of the molecule is Cc1ccc(-c2csc3ncnc(Nc4ccc(C(C)(C)C)cc4)c23)cc1C. The van der Waals surface area contributed by atoms with Crippen molar-refractivity contribution in [1.82, 2.24) is 9.97 Å². The van der Waals surface area contributed by atoms with Crippen molar-refractivity contribution in [3.63, 3.8) is 0 Å². The molecule has 0 bridgehead atoms. The van der Waals surface area contributed by atoms with Crippen LogP contribution in [0.15, 0.2) is 54.2 Å². The molecule has 2 aromatic heterocycles. The van der Waals surface area contributed by atoms with Crippen LogP contribution in [0.5, 0.6) is 0 Å². The summed E-state index contributed by atoms with van der Waals surface area (Å²) in [5.74, 6) is 0.850. The molecule has 2 aromatic carbocycles. The average Bonchev–Trinajstić information content (AvgIpc) is 3.09. The van der Waals surface area contributed by atoms with Crippen LogP contribution in [0.2, 0.25) is 0 Å². The minimum Gasteiger partial charge on any atom is -0.340 e. The second-order valence-electron chi connectivity index (χ2n) is 8.30. The number of thiophene rings is 1. The number of nitrogens with zero attached hydrogens (tertiary/aromatic N) is 2. The van der Waals surface area contributed by atoms with E-state index in [1.165, 1.54) is 27.8 Å². The van der Waals surface area contributed by atoms with Gasteiger partial charge in [-0.25, -0.2) is 9.97 Å². The van der Waals surface area contributed by atoms with Gasteiger partial charge in [-0.3, -0.25) is 0 Å². The van der Waals surface area contributed by atoms with Crippen molar-refractivity contribution in [2.45, 2.75) is 40.0 Å². The highest BCUT2D eigenvalue weighted by molar-refractivity contribution is 7.17. The van der Waals surface area contributed by atoms with Gasteiger partial charge in [0.05, 0.1) is 5.39 Å². The number of aryl methyl sites for hydroxylation is 2. The first-order valence-corrected chi connectivity index (χ1v) is 10.4. The molecule has 28 heavy (non-hydrogen) atoms. The molecule has 0 aliphatic heterocycles. The first-order chi connectivity index (χ1) is 13.3. The molecule has 4 rings (SSSR count). The Hall–Kier alpha value is -2.72. The molecule has 4 aromatic rings. The molecular weight excluding hydrogens is 362 g/mol. The number of anilines is 2. The Morgan fingerprint density at radius 2 is 1.64 bits per heavy atom. The van der Waals surface area contributed by atoms with E-state index < -0.39 is 0 Å². The topological polar surface area (TPSA) is 37.8 Å². The van der Waals surface area contributed by atoms with Crippen LogP contribution < -0.4 is 5.32 Å². The number of aromatic nitrogens is 2. The standard InChI is InChI=1S/C24H25N3S/c1-15-6-7-17(12-16(15)2)20-13-28-23-21(20)22(25-14-26-23)27-19-10-8-18(9-11-19)24(3,4)5/h6-14H,1-5H3,(H,25,26,27). The van der Waals surface area contributed by atoms with Gasteiger partial charge in [0, 0.05) is 16.6 Å². The molecule has 0 aliphatic rings. The maximum Gasteiger partial charge on any atom is 0.143 e. The molecule has 0 unspecified atom stereocenters. The number of fused-ring (bicyclic) bond motifs is 1. The van der Waals surface area contributed by atoms with E-state index in [4.69, 9.17) is 0 Å². The lowest BCUT2D eigenvalue weighted by molar-refractivity contribution is 0.590. The lowest BCUT2D eigenvalue weighted by atomic mass is 9.87. The van der Waals surface area contributed by atoms with Crippen molar-refractivity contribution < 1.29 is 0 Å². The molecule has 0 spiro atoms. The van der Waals surface area contributed by atoms with Crippen LogP contribution in [0.4, 0.5) is 11.5 Å². The van der Waals surface area contributed by atoms with Gasteiger partial charge in [-0.2, -0.15) is 0 Å². The molecule has 0 atom stereocenters. The summed E-state index contributed by atoms with van der Waals surface area (Å²) in [6, 6.07) is 15.2. The Morgan fingerprint density at radius 3 is 2.32 bits per heavy atom. The van der Waals surface area contributed by atoms with E-state index >= 15 is 0 Å². The summed E-state index contributed by atoms with van der Waals surface area (Å²) in [7, 11) is 0. The van der Waals surface area contributed by atoms with Crippen LogP contribution in [-0.2, 0) is 5.41 Å². The third-order valence-electron chi connectivity index (χ3n) is 5.20. The molecule has 1 N–H and O–H groups in total. The zero-order valence-electron chi connectivity index (χ0n) is 17.0. The van der Waals surface area contributed by atoms with Gasteiger partial charge in [-0.15, -0.1) is 11.3 Å². The highest BCUT2D eigenvalue weighted by atomic mass is 32.1. The molecule has 0 fully saturated rings. The van der Waals surface area contributed by atoms with E-state index in [0.29, 0.717) is 0 Å². The highest BCUT2D eigenvalue weighted by Gasteiger charge is 2.15. The van der Waals surface area contributed by atoms with Crippen molar-refractivity contribution in [2.75, 3.05) is 5.32 Å². The second kappa shape index (κ2) is 7.02. The predicted molar refractivity (Wildman–Crippen MR) is 121 cm³/mol. The van der Waals surface area contributed by atoms with Gasteiger partial charge < -0.3 is 5.32 Å². The minimum atomic E-state index is 0.143. The summed E-state index contributed by atoms with van der Waals surface area (Å²) in [4.78, 5) is 10.0. The third kappa shape index (κ3) is 3.52. The monoisotopic (exact) mass is 387 g/mol. The quantitative estimate of drug-likeness (QED) is 0.410. The fourth-order valence-electron chi connectivity index (χ4n) is 3.28. The van der Waals surface area contributed by atoms with Crippen LogP contribution in [0.25, 0.3) is 21.3 Å². The lowest BCUT2D eigenvalue weighted by Gasteiger charge is -2.19. The highest BCUT2D eigenvalue weighted by Crippen LogP contribution is 2.38. The van der Waals surface area contributed by atoms with Gasteiger partial charge in [-0.1, -0.05) is 51.1 Å². The first kappa shape index (κ1) is 18.6. The fraction of sp³-hybridized carbons (Fsp3) is 0.250. The van der Waals surface area contributed by atoms with Gasteiger partial charge in [0.25, 0.3) is 0 Å². The number of benzene rings is 2. The van der Waals surface area contributed by atoms with Crippen LogP contribution in [0, 0.1) is 13.8 Å². The van der Waals surface area contributed by atoms with Crippen molar-refractivity contribution in [2.24, 2.45) is 0 Å². The van der Waals surface area contributed by atoms with Gasteiger partial charge in [0.2, 0.25) is 0 Å². The Morgan fingerprint density at radius 1 is 0.893 bits per heavy atom. The maximum atomic E-state index is 4.56. The van der Waals surface area contributed by atoms with E-state index in [2.05, 4.69) is 97.7 Å². The molecule has 0 aliphatic carbocycles. The molecule has 0 saturated heterocycles. The summed E-state index contributed by atoms with van der Waals surface area (Å²) in [5.41, 5.74) is 7.47. The summed E-state index contributed by atoms with van der Waals surface area (Å²) in [6.07, 6.45) is 1.63. The Bertz CT molecular complexity index is 1130. The predicted octanol–water partition coefficient (Wildman–Crippen LogP) is 7.02. The van der Waals surface area contributed by atoms with Gasteiger partial charge >= 0.3 is 0 Å². The molecule has 142 valence electrons. The Balaban J connectivity index is 1.75. The first-order valence-electron chi connectivity index (χ1n) is 9.50. The van der Waals surface area contributed by atoms with E-state index in [1.807, 2.05) is 0 Å². The van der Waals surface area contributed by atoms with Gasteiger partial charge in [0.15, 0.2) is 0 Å². The molecule has 0 saturated carbocycles. The largest absolute Gasteiger partial charge is 0.340 e. The number of hydrogen-bond acceptors (Lipinski definition) is 4. The molecule has 2 heterocycles. The smallest absolute Gasteiger partial charge is 0.143 e. The van der Waals surface area contributed by atoms with Crippen molar-refractivity contribution in [3.05, 3.63) is 70.9 Å².